The monoisotopic (exact) mass is 380 g/mol. The maximum absolute atomic E-state index is 12.2. The molecule has 138 valence electrons. The topological polar surface area (TPSA) is 69.6 Å². The van der Waals surface area contributed by atoms with Crippen molar-refractivity contribution in [1.82, 2.24) is 10.2 Å². The van der Waals surface area contributed by atoms with Gasteiger partial charge in [0.25, 0.3) is 0 Å². The van der Waals surface area contributed by atoms with Crippen molar-refractivity contribution in [2.75, 3.05) is 19.6 Å². The van der Waals surface area contributed by atoms with Gasteiger partial charge < -0.3 is 15.3 Å². The maximum Gasteiger partial charge on any atom is 0.405 e. The third kappa shape index (κ3) is 3.57. The lowest BCUT2D eigenvalue weighted by Gasteiger charge is -2.32. The van der Waals surface area contributed by atoms with Crippen LogP contribution in [0.15, 0.2) is 63.9 Å². The maximum atomic E-state index is 12.2. The largest absolute Gasteiger partial charge is 0.465 e. The van der Waals surface area contributed by atoms with Crippen molar-refractivity contribution in [3.63, 3.8) is 0 Å². The number of carboxylic acid groups (broad SMARTS) is 1. The first-order valence-electron chi connectivity index (χ1n) is 8.97. The van der Waals surface area contributed by atoms with E-state index in [2.05, 4.69) is 53.8 Å². The Morgan fingerprint density at radius 3 is 2.07 bits per heavy atom. The molecule has 2 heterocycles. The van der Waals surface area contributed by atoms with Gasteiger partial charge in [-0.2, -0.15) is 0 Å². The molecule has 0 saturated carbocycles. The smallest absolute Gasteiger partial charge is 0.405 e. The van der Waals surface area contributed by atoms with Gasteiger partial charge in [0, 0.05) is 22.9 Å². The Hall–Kier alpha value is -2.73. The van der Waals surface area contributed by atoms with E-state index in [1.54, 1.807) is 16.7 Å². The molecular formula is C21H20N2O3S. The summed E-state index contributed by atoms with van der Waals surface area (Å²) in [4.78, 5) is 27.0. The fraction of sp³-hybridized carbons (Fsp3) is 0.238. The van der Waals surface area contributed by atoms with Crippen molar-refractivity contribution in [2.24, 2.45) is 0 Å². The van der Waals surface area contributed by atoms with E-state index in [1.165, 1.54) is 32.1 Å². The van der Waals surface area contributed by atoms with E-state index >= 15 is 0 Å². The predicted octanol–water partition coefficient (Wildman–Crippen LogP) is 3.84. The number of rotatable bonds is 2. The minimum Gasteiger partial charge on any atom is -0.465 e. The quantitative estimate of drug-likeness (QED) is 0.709. The minimum atomic E-state index is -1.17. The Morgan fingerprint density at radius 1 is 0.963 bits per heavy atom. The minimum absolute atomic E-state index is 0.163. The second kappa shape index (κ2) is 7.48. The lowest BCUT2D eigenvalue weighted by molar-refractivity contribution is -0.130. The molecular weight excluding hydrogens is 360 g/mol. The fourth-order valence-corrected chi connectivity index (χ4v) is 4.80. The molecule has 2 aromatic carbocycles. The van der Waals surface area contributed by atoms with Crippen LogP contribution in [0.4, 0.5) is 4.79 Å². The molecule has 0 radical (unpaired) electrons. The molecule has 0 atom stereocenters. The lowest BCUT2D eigenvalue weighted by atomic mass is 9.88. The number of hydrogen-bond acceptors (Lipinski definition) is 3. The lowest BCUT2D eigenvalue weighted by Crippen LogP contribution is -2.42. The van der Waals surface area contributed by atoms with Gasteiger partial charge in [0.1, 0.15) is 6.54 Å². The number of carbonyl (C=O) groups is 2. The molecule has 0 spiro atoms. The summed E-state index contributed by atoms with van der Waals surface area (Å²) in [6, 6.07) is 17.0. The van der Waals surface area contributed by atoms with E-state index in [0.29, 0.717) is 13.1 Å². The zero-order valence-electron chi connectivity index (χ0n) is 14.8. The molecule has 2 amide bonds. The van der Waals surface area contributed by atoms with Crippen molar-refractivity contribution in [1.29, 1.82) is 0 Å². The fourth-order valence-electron chi connectivity index (χ4n) is 3.71. The number of nitrogens with zero attached hydrogens (tertiary/aromatic N) is 1. The summed E-state index contributed by atoms with van der Waals surface area (Å²) < 4.78 is 0. The predicted molar refractivity (Wildman–Crippen MR) is 105 cm³/mol. The van der Waals surface area contributed by atoms with Gasteiger partial charge in [0.2, 0.25) is 5.91 Å². The first-order chi connectivity index (χ1) is 13.1. The zero-order valence-corrected chi connectivity index (χ0v) is 15.6. The summed E-state index contributed by atoms with van der Waals surface area (Å²) in [5, 5.41) is 10.8. The van der Waals surface area contributed by atoms with Gasteiger partial charge in [-0.05, 0) is 41.7 Å². The number of amides is 2. The highest BCUT2D eigenvalue weighted by atomic mass is 32.2. The van der Waals surface area contributed by atoms with Crippen LogP contribution in [-0.4, -0.2) is 41.6 Å². The average Bonchev–Trinajstić information content (AvgIpc) is 2.70. The molecule has 2 aromatic rings. The molecule has 0 unspecified atom stereocenters. The van der Waals surface area contributed by atoms with E-state index in [9.17, 15) is 9.59 Å². The summed E-state index contributed by atoms with van der Waals surface area (Å²) in [5.41, 5.74) is 5.20. The van der Waals surface area contributed by atoms with Crippen molar-refractivity contribution < 1.29 is 14.7 Å². The molecule has 0 aromatic heterocycles. The Morgan fingerprint density at radius 2 is 1.52 bits per heavy atom. The summed E-state index contributed by atoms with van der Waals surface area (Å²) in [7, 11) is 0. The molecule has 27 heavy (non-hydrogen) atoms. The first-order valence-corrected chi connectivity index (χ1v) is 9.78. The number of hydrogen-bond donors (Lipinski definition) is 2. The van der Waals surface area contributed by atoms with Crippen LogP contribution in [0.3, 0.4) is 0 Å². The van der Waals surface area contributed by atoms with E-state index in [4.69, 9.17) is 5.11 Å². The van der Waals surface area contributed by atoms with Gasteiger partial charge in [0.15, 0.2) is 0 Å². The number of fused-ring (bicyclic) bond motifs is 2. The van der Waals surface area contributed by atoms with Gasteiger partial charge in [-0.1, -0.05) is 53.7 Å². The number of piperidine rings is 1. The standard InChI is InChI=1S/C21H20N2O3S/c24-19(13-22-21(25)26)23-11-9-14(10-12-23)20-15-5-1-3-7-17(15)27-18-8-4-2-6-16(18)20/h1-8,22H,9-13H2,(H,25,26). The van der Waals surface area contributed by atoms with Gasteiger partial charge in [-0.25, -0.2) is 4.79 Å². The van der Waals surface area contributed by atoms with Gasteiger partial charge in [-0.15, -0.1) is 0 Å². The summed E-state index contributed by atoms with van der Waals surface area (Å²) in [6.45, 7) is 1.08. The van der Waals surface area contributed by atoms with Crippen molar-refractivity contribution in [3.05, 3.63) is 65.2 Å². The summed E-state index contributed by atoms with van der Waals surface area (Å²) >= 11 is 1.80. The number of nitrogens with one attached hydrogen (secondary N) is 1. The highest BCUT2D eigenvalue weighted by Gasteiger charge is 2.26. The molecule has 1 saturated heterocycles. The molecule has 1 fully saturated rings. The molecule has 5 nitrogen and oxygen atoms in total. The van der Waals surface area contributed by atoms with Crippen LogP contribution in [0.2, 0.25) is 0 Å². The summed E-state index contributed by atoms with van der Waals surface area (Å²) in [5.74, 6) is -0.165. The van der Waals surface area contributed by atoms with E-state index in [0.717, 1.165) is 12.8 Å². The Labute approximate surface area is 162 Å². The second-order valence-corrected chi connectivity index (χ2v) is 7.70. The second-order valence-electron chi connectivity index (χ2n) is 6.61. The molecule has 4 rings (SSSR count). The highest BCUT2D eigenvalue weighted by Crippen LogP contribution is 2.47. The SMILES string of the molecule is O=C(O)NCC(=O)N1CCC(=C2c3ccccc3Sc3ccccc32)CC1. The molecule has 6 heteroatoms. The Balaban J connectivity index is 1.61. The first kappa shape index (κ1) is 17.7. The zero-order chi connectivity index (χ0) is 18.8. The van der Waals surface area contributed by atoms with Crippen LogP contribution in [0, 0.1) is 0 Å². The van der Waals surface area contributed by atoms with Crippen LogP contribution < -0.4 is 5.32 Å². The Kier molecular flexibility index (Phi) is 4.90. The van der Waals surface area contributed by atoms with E-state index in [-0.39, 0.29) is 12.5 Å². The van der Waals surface area contributed by atoms with Gasteiger partial charge in [-0.3, -0.25) is 4.79 Å². The van der Waals surface area contributed by atoms with Crippen LogP contribution in [-0.2, 0) is 4.79 Å². The van der Waals surface area contributed by atoms with Crippen LogP contribution in [0.25, 0.3) is 5.57 Å². The van der Waals surface area contributed by atoms with E-state index < -0.39 is 6.09 Å². The number of carbonyl (C=O) groups excluding carboxylic acids is 1. The van der Waals surface area contributed by atoms with Crippen LogP contribution >= 0.6 is 11.8 Å². The highest BCUT2D eigenvalue weighted by molar-refractivity contribution is 7.99. The van der Waals surface area contributed by atoms with Crippen LogP contribution in [0.1, 0.15) is 24.0 Å². The summed E-state index contributed by atoms with van der Waals surface area (Å²) in [6.07, 6.45) is 0.444. The average molecular weight is 380 g/mol. The molecule has 2 N–H and O–H groups in total. The molecule has 0 aliphatic carbocycles. The Bertz CT molecular complexity index is 881. The van der Waals surface area contributed by atoms with Crippen molar-refractivity contribution in [2.45, 2.75) is 22.6 Å². The van der Waals surface area contributed by atoms with E-state index in [1.807, 2.05) is 0 Å². The van der Waals surface area contributed by atoms with Gasteiger partial charge >= 0.3 is 6.09 Å². The molecule has 2 aliphatic heterocycles. The number of benzene rings is 2. The molecule has 2 aliphatic rings. The van der Waals surface area contributed by atoms with Gasteiger partial charge in [0.05, 0.1) is 0 Å². The molecule has 0 bridgehead atoms. The number of likely N-dealkylation sites (tertiary alicyclic amines) is 1. The van der Waals surface area contributed by atoms with Crippen molar-refractivity contribution >= 4 is 29.3 Å². The third-order valence-electron chi connectivity index (χ3n) is 5.00. The third-order valence-corrected chi connectivity index (χ3v) is 6.15. The van der Waals surface area contributed by atoms with Crippen LogP contribution in [0.5, 0.6) is 0 Å². The normalized spacial score (nSPS) is 15.8. The van der Waals surface area contributed by atoms with Crippen molar-refractivity contribution in [3.8, 4) is 0 Å².